The molecule has 2 amide bonds. The molecule has 12 nitrogen and oxygen atoms in total. The first-order valence-electron chi connectivity index (χ1n) is 12.1. The highest BCUT2D eigenvalue weighted by Crippen LogP contribution is 2.15. The summed E-state index contributed by atoms with van der Waals surface area (Å²) in [6.07, 6.45) is 1.05. The minimum absolute atomic E-state index is 0.0550. The lowest BCUT2D eigenvalue weighted by Crippen LogP contribution is -2.53. The van der Waals surface area contributed by atoms with E-state index < -0.39 is 52.8 Å². The number of carbonyl (C=O) groups excluding carboxylic acids is 4. The molecule has 0 bridgehead atoms. The predicted molar refractivity (Wildman–Crippen MR) is 134 cm³/mol. The Morgan fingerprint density at radius 2 is 1.19 bits per heavy atom. The predicted octanol–water partition coefficient (Wildman–Crippen LogP) is 4.31. The molecule has 0 fully saturated rings. The number of hydrogen-bond donors (Lipinski definition) is 2. The van der Waals surface area contributed by atoms with Gasteiger partial charge in [0.2, 0.25) is 0 Å². The van der Waals surface area contributed by atoms with Crippen LogP contribution in [-0.2, 0) is 28.6 Å². The number of ether oxygens (including phenoxy) is 3. The van der Waals surface area contributed by atoms with Gasteiger partial charge in [0.05, 0.1) is 0 Å². The van der Waals surface area contributed by atoms with Crippen molar-refractivity contribution in [2.24, 2.45) is 5.11 Å². The molecular weight excluding hydrogens is 470 g/mol. The second-order valence-electron chi connectivity index (χ2n) is 11.4. The average molecular weight is 514 g/mol. The van der Waals surface area contributed by atoms with Crippen molar-refractivity contribution in [3.8, 4) is 0 Å². The Kier molecular flexibility index (Phi) is 13.3. The van der Waals surface area contributed by atoms with Crippen molar-refractivity contribution in [3.63, 3.8) is 0 Å². The van der Waals surface area contributed by atoms with Gasteiger partial charge in [-0.1, -0.05) is 11.5 Å². The lowest BCUT2D eigenvalue weighted by Gasteiger charge is -2.27. The SMILES string of the molecule is CC(C)(C)OC(=O)CCC(NC(=O)NC(CCCCN=[N+]=[N-])C(=O)OC(C)(C)C)C(=O)OC(C)(C)C. The summed E-state index contributed by atoms with van der Waals surface area (Å²) in [5.41, 5.74) is 6.11. The minimum atomic E-state index is -1.15. The van der Waals surface area contributed by atoms with Crippen LogP contribution in [0.15, 0.2) is 5.11 Å². The van der Waals surface area contributed by atoms with Crippen LogP contribution in [0.3, 0.4) is 0 Å². The van der Waals surface area contributed by atoms with Gasteiger partial charge in [0.15, 0.2) is 0 Å². The summed E-state index contributed by atoms with van der Waals surface area (Å²) in [6.45, 7) is 15.6. The number of azide groups is 1. The third kappa shape index (κ3) is 17.4. The molecule has 36 heavy (non-hydrogen) atoms. The fraction of sp³-hybridized carbons (Fsp3) is 0.833. The van der Waals surface area contributed by atoms with E-state index in [9.17, 15) is 19.2 Å². The van der Waals surface area contributed by atoms with Crippen LogP contribution in [0.2, 0.25) is 0 Å². The van der Waals surface area contributed by atoms with Crippen LogP contribution in [0.25, 0.3) is 10.4 Å². The third-order valence-corrected chi connectivity index (χ3v) is 4.11. The molecule has 2 N–H and O–H groups in total. The number of amides is 2. The molecule has 0 aliphatic heterocycles. The summed E-state index contributed by atoms with van der Waals surface area (Å²) < 4.78 is 16.1. The second-order valence-corrected chi connectivity index (χ2v) is 11.4. The van der Waals surface area contributed by atoms with Crippen molar-refractivity contribution >= 4 is 23.9 Å². The third-order valence-electron chi connectivity index (χ3n) is 4.11. The van der Waals surface area contributed by atoms with Crippen LogP contribution in [0, 0.1) is 0 Å². The number of rotatable bonds is 12. The van der Waals surface area contributed by atoms with Crippen molar-refractivity contribution in [1.29, 1.82) is 0 Å². The van der Waals surface area contributed by atoms with Crippen molar-refractivity contribution in [3.05, 3.63) is 10.4 Å². The van der Waals surface area contributed by atoms with E-state index in [1.165, 1.54) is 0 Å². The molecule has 0 aliphatic carbocycles. The minimum Gasteiger partial charge on any atom is -0.460 e. The second kappa shape index (κ2) is 14.5. The quantitative estimate of drug-likeness (QED) is 0.0978. The van der Waals surface area contributed by atoms with Crippen LogP contribution in [-0.4, -0.2) is 59.4 Å². The van der Waals surface area contributed by atoms with E-state index in [-0.39, 0.29) is 25.8 Å². The Morgan fingerprint density at radius 1 is 0.750 bits per heavy atom. The normalized spacial score (nSPS) is 13.5. The van der Waals surface area contributed by atoms with Gasteiger partial charge in [-0.3, -0.25) is 4.79 Å². The monoisotopic (exact) mass is 513 g/mol. The maximum absolute atomic E-state index is 12.8. The summed E-state index contributed by atoms with van der Waals surface area (Å²) >= 11 is 0. The van der Waals surface area contributed by atoms with Crippen LogP contribution < -0.4 is 10.6 Å². The first-order valence-corrected chi connectivity index (χ1v) is 12.1. The molecule has 0 aliphatic rings. The molecule has 206 valence electrons. The molecule has 0 heterocycles. The lowest BCUT2D eigenvalue weighted by molar-refractivity contribution is -0.159. The number of nitrogens with one attached hydrogen (secondary N) is 2. The van der Waals surface area contributed by atoms with Crippen molar-refractivity contribution < 1.29 is 33.4 Å². The molecule has 0 spiro atoms. The van der Waals surface area contributed by atoms with E-state index in [4.69, 9.17) is 19.7 Å². The summed E-state index contributed by atoms with van der Waals surface area (Å²) in [5.74, 6) is -1.88. The van der Waals surface area contributed by atoms with E-state index in [1.54, 1.807) is 62.3 Å². The number of hydrogen-bond acceptors (Lipinski definition) is 8. The van der Waals surface area contributed by atoms with E-state index in [2.05, 4.69) is 20.7 Å². The number of nitrogens with zero attached hydrogens (tertiary/aromatic N) is 3. The molecule has 0 aromatic carbocycles. The Bertz CT molecular complexity index is 803. The van der Waals surface area contributed by atoms with E-state index in [0.29, 0.717) is 12.8 Å². The molecule has 2 atom stereocenters. The Labute approximate surface area is 213 Å². The maximum atomic E-state index is 12.8. The van der Waals surface area contributed by atoms with Gasteiger partial charge in [-0.2, -0.15) is 0 Å². The number of esters is 3. The van der Waals surface area contributed by atoms with Gasteiger partial charge in [-0.15, -0.1) is 0 Å². The Hall–Kier alpha value is -3.01. The summed E-state index contributed by atoms with van der Waals surface area (Å²) in [5, 5.41) is 8.52. The fourth-order valence-corrected chi connectivity index (χ4v) is 2.83. The zero-order chi connectivity index (χ0) is 28.2. The highest BCUT2D eigenvalue weighted by atomic mass is 16.6. The highest BCUT2D eigenvalue weighted by Gasteiger charge is 2.31. The van der Waals surface area contributed by atoms with E-state index in [0.717, 1.165) is 0 Å². The Balaban J connectivity index is 5.42. The van der Waals surface area contributed by atoms with Gasteiger partial charge in [-0.25, -0.2) is 14.4 Å². The number of urea groups is 1. The summed E-state index contributed by atoms with van der Waals surface area (Å²) in [4.78, 5) is 53.0. The first kappa shape index (κ1) is 33.0. The summed E-state index contributed by atoms with van der Waals surface area (Å²) in [6, 6.07) is -2.94. The van der Waals surface area contributed by atoms with Crippen LogP contribution in [0.1, 0.15) is 94.4 Å². The topological polar surface area (TPSA) is 169 Å². The van der Waals surface area contributed by atoms with Crippen LogP contribution >= 0.6 is 0 Å². The zero-order valence-electron chi connectivity index (χ0n) is 23.1. The Morgan fingerprint density at radius 3 is 1.61 bits per heavy atom. The van der Waals surface area contributed by atoms with E-state index in [1.807, 2.05) is 0 Å². The summed E-state index contributed by atoms with van der Waals surface area (Å²) in [7, 11) is 0. The number of unbranched alkanes of at least 4 members (excludes halogenated alkanes) is 1. The molecule has 0 rings (SSSR count). The van der Waals surface area contributed by atoms with Crippen LogP contribution in [0.4, 0.5) is 4.79 Å². The lowest BCUT2D eigenvalue weighted by atomic mass is 10.1. The highest BCUT2D eigenvalue weighted by molar-refractivity contribution is 5.87. The van der Waals surface area contributed by atoms with Crippen molar-refractivity contribution in [2.75, 3.05) is 6.54 Å². The van der Waals surface area contributed by atoms with Gasteiger partial charge >= 0.3 is 23.9 Å². The molecule has 0 aromatic rings. The molecule has 2 unspecified atom stereocenters. The molecule has 0 radical (unpaired) electrons. The van der Waals surface area contributed by atoms with E-state index >= 15 is 0 Å². The molecule has 0 saturated heterocycles. The zero-order valence-corrected chi connectivity index (χ0v) is 23.1. The van der Waals surface area contributed by atoms with Gasteiger partial charge in [-0.05, 0) is 87.1 Å². The standard InChI is InChI=1S/C24H43N5O7/c1-22(2,3)34-18(30)14-13-17(20(32)36-24(7,8)9)28-21(33)27-16(12-10-11-15-26-29-25)19(31)35-23(4,5)6/h16-17H,10-15H2,1-9H3,(H2,27,28,33). The molecule has 0 aromatic heterocycles. The maximum Gasteiger partial charge on any atom is 0.329 e. The van der Waals surface area contributed by atoms with Gasteiger partial charge in [0.25, 0.3) is 0 Å². The largest absolute Gasteiger partial charge is 0.460 e. The molecule has 0 saturated carbocycles. The van der Waals surface area contributed by atoms with Crippen molar-refractivity contribution in [1.82, 2.24) is 10.6 Å². The van der Waals surface area contributed by atoms with Gasteiger partial charge < -0.3 is 24.8 Å². The number of carbonyl (C=O) groups is 4. The van der Waals surface area contributed by atoms with Gasteiger partial charge in [0, 0.05) is 17.9 Å². The average Bonchev–Trinajstić information content (AvgIpc) is 2.65. The smallest absolute Gasteiger partial charge is 0.329 e. The molecule has 12 heteroatoms. The fourth-order valence-electron chi connectivity index (χ4n) is 2.83. The van der Waals surface area contributed by atoms with Crippen molar-refractivity contribution in [2.45, 2.75) is 123 Å². The molecular formula is C24H43N5O7. The van der Waals surface area contributed by atoms with Crippen LogP contribution in [0.5, 0.6) is 0 Å². The van der Waals surface area contributed by atoms with Gasteiger partial charge in [0.1, 0.15) is 28.9 Å². The first-order chi connectivity index (χ1) is 16.3.